The number of rotatable bonds is 8. The molecule has 0 bridgehead atoms. The Morgan fingerprint density at radius 2 is 1.79 bits per heavy atom. The maximum atomic E-state index is 13.3. The van der Waals surface area contributed by atoms with Crippen molar-refractivity contribution in [2.24, 2.45) is 0 Å². The minimum absolute atomic E-state index is 0.0325. The summed E-state index contributed by atoms with van der Waals surface area (Å²) in [5, 5.41) is 17.9. The molecule has 10 nitrogen and oxygen atoms in total. The van der Waals surface area contributed by atoms with Crippen molar-refractivity contribution < 1.29 is 14.3 Å². The van der Waals surface area contributed by atoms with Crippen LogP contribution in [0.15, 0.2) is 65.9 Å². The zero-order valence-electron chi connectivity index (χ0n) is 19.4. The molecule has 10 heteroatoms. The van der Waals surface area contributed by atoms with Gasteiger partial charge in [-0.15, -0.1) is 0 Å². The lowest BCUT2D eigenvalue weighted by atomic mass is 9.95. The summed E-state index contributed by atoms with van der Waals surface area (Å²) in [4.78, 5) is 27.2. The third kappa shape index (κ3) is 4.75. The Hall–Kier alpha value is -4.21. The molecule has 0 spiro atoms. The van der Waals surface area contributed by atoms with Crippen molar-refractivity contribution in [3.05, 3.63) is 71.4 Å². The van der Waals surface area contributed by atoms with Gasteiger partial charge in [-0.3, -0.25) is 9.59 Å². The van der Waals surface area contributed by atoms with Crippen LogP contribution in [-0.4, -0.2) is 56.6 Å². The molecule has 1 atom stereocenters. The van der Waals surface area contributed by atoms with Crippen LogP contribution in [-0.2, 0) is 9.59 Å². The van der Waals surface area contributed by atoms with E-state index in [0.717, 1.165) is 5.56 Å². The Labute approximate surface area is 197 Å². The van der Waals surface area contributed by atoms with Gasteiger partial charge in [-0.1, -0.05) is 35.4 Å². The monoisotopic (exact) mass is 461 g/mol. The maximum absolute atomic E-state index is 13.3. The van der Waals surface area contributed by atoms with Gasteiger partial charge in [-0.05, 0) is 61.0 Å². The lowest BCUT2D eigenvalue weighted by molar-refractivity contribution is -0.133. The van der Waals surface area contributed by atoms with Crippen LogP contribution in [0.25, 0.3) is 0 Å². The van der Waals surface area contributed by atoms with E-state index in [4.69, 9.17) is 4.74 Å². The Balaban J connectivity index is 1.58. The minimum atomic E-state index is -0.540. The molecule has 1 aliphatic rings. The Bertz CT molecular complexity index is 1180. The van der Waals surface area contributed by atoms with E-state index in [2.05, 4.69) is 26.2 Å². The van der Waals surface area contributed by atoms with Gasteiger partial charge >= 0.3 is 0 Å². The highest BCUT2D eigenvalue weighted by atomic mass is 16.5. The smallest absolute Gasteiger partial charge is 0.260 e. The number of benzene rings is 2. The third-order valence-corrected chi connectivity index (χ3v) is 5.66. The normalized spacial score (nSPS) is 14.7. The van der Waals surface area contributed by atoms with Crippen molar-refractivity contribution in [2.75, 3.05) is 30.3 Å². The number of amides is 2. The highest BCUT2D eigenvalue weighted by Crippen LogP contribution is 2.35. The second-order valence-electron chi connectivity index (χ2n) is 7.76. The van der Waals surface area contributed by atoms with Crippen molar-refractivity contribution in [3.8, 4) is 5.75 Å². The lowest BCUT2D eigenvalue weighted by Crippen LogP contribution is -2.34. The number of tetrazole rings is 1. The van der Waals surface area contributed by atoms with Crippen LogP contribution < -0.4 is 15.4 Å². The first-order chi connectivity index (χ1) is 16.5. The van der Waals surface area contributed by atoms with Gasteiger partial charge in [-0.25, -0.2) is 0 Å². The Kier molecular flexibility index (Phi) is 6.86. The number of carbonyl (C=O) groups is 2. The van der Waals surface area contributed by atoms with E-state index >= 15 is 0 Å². The summed E-state index contributed by atoms with van der Waals surface area (Å²) >= 11 is 0. The van der Waals surface area contributed by atoms with Gasteiger partial charge in [0, 0.05) is 24.5 Å². The molecule has 0 fully saturated rings. The van der Waals surface area contributed by atoms with Crippen LogP contribution >= 0.6 is 0 Å². The number of fused-ring (bicyclic) bond motifs is 1. The molecule has 4 rings (SSSR count). The van der Waals surface area contributed by atoms with Crippen LogP contribution in [0, 0.1) is 0 Å². The fraction of sp³-hybridized carbons (Fsp3) is 0.292. The summed E-state index contributed by atoms with van der Waals surface area (Å²) in [6.45, 7) is 6.94. The Morgan fingerprint density at radius 3 is 2.47 bits per heavy atom. The number of para-hydroxylation sites is 1. The molecule has 0 saturated carbocycles. The summed E-state index contributed by atoms with van der Waals surface area (Å²) < 4.78 is 7.26. The fourth-order valence-corrected chi connectivity index (χ4v) is 3.89. The fourth-order valence-electron chi connectivity index (χ4n) is 3.89. The van der Waals surface area contributed by atoms with Gasteiger partial charge in [0.2, 0.25) is 5.95 Å². The molecular weight excluding hydrogens is 434 g/mol. The van der Waals surface area contributed by atoms with Crippen molar-refractivity contribution >= 4 is 23.5 Å². The predicted octanol–water partition coefficient (Wildman–Crippen LogP) is 2.85. The number of hydrogen-bond donors (Lipinski definition) is 2. The number of hydrogen-bond acceptors (Lipinski definition) is 7. The largest absolute Gasteiger partial charge is 0.484 e. The van der Waals surface area contributed by atoms with Gasteiger partial charge in [0.05, 0.1) is 5.57 Å². The second kappa shape index (κ2) is 10.2. The maximum Gasteiger partial charge on any atom is 0.260 e. The summed E-state index contributed by atoms with van der Waals surface area (Å²) in [6, 6.07) is 16.0. The topological polar surface area (TPSA) is 114 Å². The molecule has 176 valence electrons. The number of anilines is 2. The predicted molar refractivity (Wildman–Crippen MR) is 127 cm³/mol. The van der Waals surface area contributed by atoms with E-state index in [9.17, 15) is 9.59 Å². The van der Waals surface area contributed by atoms with E-state index < -0.39 is 6.04 Å². The molecule has 1 aliphatic heterocycles. The molecule has 0 radical (unpaired) electrons. The van der Waals surface area contributed by atoms with Crippen molar-refractivity contribution in [3.63, 3.8) is 0 Å². The van der Waals surface area contributed by atoms with E-state index in [0.29, 0.717) is 41.7 Å². The molecule has 2 aromatic carbocycles. The average molecular weight is 462 g/mol. The number of aromatic nitrogens is 4. The van der Waals surface area contributed by atoms with Crippen LogP contribution in [0.2, 0.25) is 0 Å². The summed E-state index contributed by atoms with van der Waals surface area (Å²) in [5.74, 6) is 0.687. The number of nitrogens with zero attached hydrogens (tertiary/aromatic N) is 5. The summed E-state index contributed by atoms with van der Waals surface area (Å²) in [5.41, 5.74) is 2.64. The summed E-state index contributed by atoms with van der Waals surface area (Å²) in [7, 11) is 0. The number of nitrogens with one attached hydrogen (secondary N) is 2. The molecule has 2 N–H and O–H groups in total. The molecule has 1 unspecified atom stereocenters. The van der Waals surface area contributed by atoms with Crippen LogP contribution in [0.4, 0.5) is 11.6 Å². The molecule has 1 aromatic heterocycles. The van der Waals surface area contributed by atoms with E-state index in [1.165, 1.54) is 0 Å². The highest BCUT2D eigenvalue weighted by molar-refractivity contribution is 6.06. The Morgan fingerprint density at radius 1 is 1.09 bits per heavy atom. The first-order valence-corrected chi connectivity index (χ1v) is 11.1. The zero-order chi connectivity index (χ0) is 24.1. The van der Waals surface area contributed by atoms with Crippen LogP contribution in [0.1, 0.15) is 32.4 Å². The molecule has 2 heterocycles. The summed E-state index contributed by atoms with van der Waals surface area (Å²) in [6.07, 6.45) is 0. The van der Waals surface area contributed by atoms with Gasteiger partial charge < -0.3 is 20.3 Å². The standard InChI is InChI=1S/C24H27N7O3/c1-4-30(5-2)20(32)15-34-19-13-11-17(12-14-19)22-21(16(3)25-24-27-28-29-31(22)24)23(33)26-18-9-7-6-8-10-18/h6-14,22H,4-5,15H2,1-3H3,(H,26,33)(H,25,27,29). The number of carbonyl (C=O) groups excluding carboxylic acids is 2. The third-order valence-electron chi connectivity index (χ3n) is 5.66. The van der Waals surface area contributed by atoms with Crippen molar-refractivity contribution in [1.82, 2.24) is 25.1 Å². The van der Waals surface area contributed by atoms with Crippen LogP contribution in [0.3, 0.4) is 0 Å². The van der Waals surface area contributed by atoms with E-state index in [1.54, 1.807) is 21.7 Å². The first kappa shape index (κ1) is 23.0. The molecule has 0 saturated heterocycles. The minimum Gasteiger partial charge on any atom is -0.484 e. The molecular formula is C24H27N7O3. The molecule has 2 amide bonds. The quantitative estimate of drug-likeness (QED) is 0.530. The zero-order valence-corrected chi connectivity index (χ0v) is 19.4. The van der Waals surface area contributed by atoms with E-state index in [1.807, 2.05) is 63.2 Å². The van der Waals surface area contributed by atoms with Gasteiger partial charge in [0.25, 0.3) is 11.8 Å². The number of allylic oxidation sites excluding steroid dienone is 1. The van der Waals surface area contributed by atoms with Crippen molar-refractivity contribution in [1.29, 1.82) is 0 Å². The van der Waals surface area contributed by atoms with Crippen molar-refractivity contribution in [2.45, 2.75) is 26.8 Å². The van der Waals surface area contributed by atoms with E-state index in [-0.39, 0.29) is 18.4 Å². The average Bonchev–Trinajstić information content (AvgIpc) is 3.31. The highest BCUT2D eigenvalue weighted by Gasteiger charge is 2.34. The second-order valence-corrected chi connectivity index (χ2v) is 7.76. The SMILES string of the molecule is CCN(CC)C(=O)COc1ccc(C2C(C(=O)Nc3ccccc3)=C(C)Nc3nnnn32)cc1. The number of likely N-dealkylation sites (N-methyl/N-ethyl adjacent to an activating group) is 1. The first-order valence-electron chi connectivity index (χ1n) is 11.1. The lowest BCUT2D eigenvalue weighted by Gasteiger charge is -2.28. The van der Waals surface area contributed by atoms with Gasteiger partial charge in [-0.2, -0.15) is 4.68 Å². The van der Waals surface area contributed by atoms with Crippen LogP contribution in [0.5, 0.6) is 5.75 Å². The molecule has 34 heavy (non-hydrogen) atoms. The van der Waals surface area contributed by atoms with Gasteiger partial charge in [0.15, 0.2) is 6.61 Å². The number of ether oxygens (including phenoxy) is 1. The van der Waals surface area contributed by atoms with Gasteiger partial charge in [0.1, 0.15) is 11.8 Å². The molecule has 3 aromatic rings. The molecule has 0 aliphatic carbocycles.